The molecule has 1 aromatic carbocycles. The number of aromatic nitrogens is 1. The van der Waals surface area contributed by atoms with E-state index in [2.05, 4.69) is 48.3 Å². The van der Waals surface area contributed by atoms with Crippen molar-refractivity contribution in [2.24, 2.45) is 0 Å². The van der Waals surface area contributed by atoms with Gasteiger partial charge in [-0.15, -0.1) is 0 Å². The van der Waals surface area contributed by atoms with Crippen molar-refractivity contribution in [1.29, 1.82) is 0 Å². The van der Waals surface area contributed by atoms with Crippen LogP contribution in [0, 0.1) is 3.57 Å². The van der Waals surface area contributed by atoms with E-state index < -0.39 is 8.07 Å². The molecule has 3 nitrogen and oxygen atoms in total. The van der Waals surface area contributed by atoms with E-state index in [4.69, 9.17) is 4.74 Å². The minimum atomic E-state index is -1.05. The molecule has 2 aromatic rings. The van der Waals surface area contributed by atoms with E-state index in [1.54, 1.807) is 0 Å². The van der Waals surface area contributed by atoms with Crippen molar-refractivity contribution in [3.05, 3.63) is 33.5 Å². The summed E-state index contributed by atoms with van der Waals surface area (Å²) >= 11 is 2.26. The Balaban J connectivity index is 2.12. The van der Waals surface area contributed by atoms with Crippen LogP contribution in [0.25, 0.3) is 10.9 Å². The Morgan fingerprint density at radius 2 is 2.10 bits per heavy atom. The van der Waals surface area contributed by atoms with Crippen LogP contribution in [0.1, 0.15) is 10.4 Å². The Hall–Kier alpha value is -0.663. The Labute approximate surface area is 134 Å². The highest BCUT2D eigenvalue weighted by atomic mass is 127. The zero-order chi connectivity index (χ0) is 14.8. The third kappa shape index (κ3) is 3.92. The van der Waals surface area contributed by atoms with E-state index in [0.717, 1.165) is 39.0 Å². The Morgan fingerprint density at radius 3 is 2.75 bits per heavy atom. The number of rotatable bonds is 6. The van der Waals surface area contributed by atoms with Crippen LogP contribution in [-0.4, -0.2) is 25.5 Å². The van der Waals surface area contributed by atoms with Gasteiger partial charge in [0.25, 0.3) is 0 Å². The molecule has 2 rings (SSSR count). The molecule has 0 atom stereocenters. The number of halogens is 1. The van der Waals surface area contributed by atoms with Gasteiger partial charge in [0.2, 0.25) is 0 Å². The first-order valence-electron chi connectivity index (χ1n) is 6.72. The minimum absolute atomic E-state index is 0.509. The number of carbonyl (C=O) groups excluding carboxylic acids is 1. The molecule has 0 bridgehead atoms. The van der Waals surface area contributed by atoms with E-state index in [0.29, 0.717) is 6.73 Å². The predicted octanol–water partition coefficient (Wildman–Crippen LogP) is 4.37. The first kappa shape index (κ1) is 15.7. The molecule has 0 aliphatic rings. The molecule has 1 heterocycles. The number of fused-ring (bicyclic) bond motifs is 1. The molecule has 0 saturated carbocycles. The van der Waals surface area contributed by atoms with Crippen LogP contribution < -0.4 is 0 Å². The van der Waals surface area contributed by atoms with E-state index >= 15 is 0 Å². The fourth-order valence-corrected chi connectivity index (χ4v) is 3.29. The topological polar surface area (TPSA) is 31.2 Å². The fraction of sp³-hybridized carbons (Fsp3) is 0.400. The summed E-state index contributed by atoms with van der Waals surface area (Å²) in [4.78, 5) is 11.2. The maximum atomic E-state index is 11.2. The molecular formula is C15H20INO2Si. The lowest BCUT2D eigenvalue weighted by Gasteiger charge is -2.15. The van der Waals surface area contributed by atoms with Crippen molar-refractivity contribution in [2.45, 2.75) is 32.4 Å². The van der Waals surface area contributed by atoms with Crippen LogP contribution in [-0.2, 0) is 11.5 Å². The van der Waals surface area contributed by atoms with Crippen LogP contribution in [0.5, 0.6) is 0 Å². The standard InChI is InChI=1S/C15H20INO2Si/c1-20(2,3)7-6-19-11-17-9-12(10-18)14-8-13(16)4-5-15(14)17/h4-5,8-10H,6-7,11H2,1-3H3. The van der Waals surface area contributed by atoms with Gasteiger partial charge in [-0.1, -0.05) is 19.6 Å². The van der Waals surface area contributed by atoms with Crippen LogP contribution in [0.4, 0.5) is 0 Å². The Bertz CT molecular complexity index is 616. The smallest absolute Gasteiger partial charge is 0.152 e. The molecule has 0 amide bonds. The summed E-state index contributed by atoms with van der Waals surface area (Å²) in [5.41, 5.74) is 1.79. The molecule has 0 N–H and O–H groups in total. The summed E-state index contributed by atoms with van der Waals surface area (Å²) in [5.74, 6) is 0. The largest absolute Gasteiger partial charge is 0.361 e. The molecule has 20 heavy (non-hydrogen) atoms. The number of nitrogens with zero attached hydrogens (tertiary/aromatic N) is 1. The predicted molar refractivity (Wildman–Crippen MR) is 94.1 cm³/mol. The van der Waals surface area contributed by atoms with Crippen LogP contribution >= 0.6 is 22.6 Å². The van der Waals surface area contributed by atoms with E-state index in [1.807, 2.05) is 22.9 Å². The Kier molecular flexibility index (Phi) is 5.03. The third-order valence-corrected chi connectivity index (χ3v) is 5.60. The first-order valence-corrected chi connectivity index (χ1v) is 11.5. The average Bonchev–Trinajstić information content (AvgIpc) is 2.71. The Morgan fingerprint density at radius 1 is 1.35 bits per heavy atom. The van der Waals surface area contributed by atoms with Crippen molar-refractivity contribution < 1.29 is 9.53 Å². The lowest BCUT2D eigenvalue weighted by Crippen LogP contribution is -2.21. The zero-order valence-corrected chi connectivity index (χ0v) is 15.3. The molecule has 0 aliphatic heterocycles. The van der Waals surface area contributed by atoms with Gasteiger partial charge in [0, 0.05) is 35.4 Å². The maximum Gasteiger partial charge on any atom is 0.152 e. The van der Waals surface area contributed by atoms with Gasteiger partial charge < -0.3 is 9.30 Å². The van der Waals surface area contributed by atoms with Crippen molar-refractivity contribution in [2.75, 3.05) is 6.61 Å². The summed E-state index contributed by atoms with van der Waals surface area (Å²) in [7, 11) is -1.05. The summed E-state index contributed by atoms with van der Waals surface area (Å²) in [5, 5.41) is 1.00. The second-order valence-electron chi connectivity index (χ2n) is 6.18. The van der Waals surface area contributed by atoms with Crippen molar-refractivity contribution in [3.8, 4) is 0 Å². The molecule has 5 heteroatoms. The molecule has 108 valence electrons. The SMILES string of the molecule is C[Si](C)(C)CCOCn1cc(C=O)c2cc(I)ccc21. The monoisotopic (exact) mass is 401 g/mol. The number of benzene rings is 1. The second kappa shape index (κ2) is 6.40. The van der Waals surface area contributed by atoms with Crippen molar-refractivity contribution >= 4 is 47.9 Å². The normalized spacial score (nSPS) is 12.0. The highest BCUT2D eigenvalue weighted by molar-refractivity contribution is 14.1. The highest BCUT2D eigenvalue weighted by Gasteiger charge is 2.13. The van der Waals surface area contributed by atoms with Gasteiger partial charge in [0.1, 0.15) is 6.73 Å². The van der Waals surface area contributed by atoms with Crippen molar-refractivity contribution in [1.82, 2.24) is 4.57 Å². The molecule has 1 aromatic heterocycles. The molecular weight excluding hydrogens is 381 g/mol. The molecule has 0 aliphatic carbocycles. The molecule has 0 spiro atoms. The number of aldehydes is 1. The maximum absolute atomic E-state index is 11.2. The van der Waals surface area contributed by atoms with E-state index in [-0.39, 0.29) is 0 Å². The molecule has 0 radical (unpaired) electrons. The fourth-order valence-electron chi connectivity index (χ4n) is 2.04. The third-order valence-electron chi connectivity index (χ3n) is 3.23. The average molecular weight is 401 g/mol. The molecule has 0 unspecified atom stereocenters. The number of carbonyl (C=O) groups is 1. The van der Waals surface area contributed by atoms with Gasteiger partial charge in [0.05, 0.1) is 5.52 Å². The zero-order valence-electron chi connectivity index (χ0n) is 12.1. The van der Waals surface area contributed by atoms with Gasteiger partial charge in [-0.05, 0) is 46.8 Å². The highest BCUT2D eigenvalue weighted by Crippen LogP contribution is 2.22. The molecule has 0 saturated heterocycles. The first-order chi connectivity index (χ1) is 9.40. The molecule has 0 fully saturated rings. The van der Waals surface area contributed by atoms with E-state index in [1.165, 1.54) is 0 Å². The summed E-state index contributed by atoms with van der Waals surface area (Å²) < 4.78 is 8.92. The lowest BCUT2D eigenvalue weighted by atomic mass is 10.2. The number of hydrogen-bond donors (Lipinski definition) is 0. The summed E-state index contributed by atoms with van der Waals surface area (Å²) in [6.07, 6.45) is 2.79. The van der Waals surface area contributed by atoms with Crippen LogP contribution in [0.3, 0.4) is 0 Å². The lowest BCUT2D eigenvalue weighted by molar-refractivity contribution is 0.0901. The second-order valence-corrected chi connectivity index (χ2v) is 13.0. The van der Waals surface area contributed by atoms with Gasteiger partial charge in [-0.2, -0.15) is 0 Å². The van der Waals surface area contributed by atoms with E-state index in [9.17, 15) is 4.79 Å². The summed E-state index contributed by atoms with van der Waals surface area (Å²) in [6.45, 7) is 8.32. The number of hydrogen-bond acceptors (Lipinski definition) is 2. The summed E-state index contributed by atoms with van der Waals surface area (Å²) in [6, 6.07) is 7.30. The van der Waals surface area contributed by atoms with Gasteiger partial charge >= 0.3 is 0 Å². The van der Waals surface area contributed by atoms with Crippen LogP contribution in [0.2, 0.25) is 25.7 Å². The van der Waals surface area contributed by atoms with Crippen LogP contribution in [0.15, 0.2) is 24.4 Å². The van der Waals surface area contributed by atoms with Crippen molar-refractivity contribution in [3.63, 3.8) is 0 Å². The minimum Gasteiger partial charge on any atom is -0.361 e. The van der Waals surface area contributed by atoms with Gasteiger partial charge in [-0.3, -0.25) is 4.79 Å². The quantitative estimate of drug-likeness (QED) is 0.312. The van der Waals surface area contributed by atoms with Gasteiger partial charge in [0.15, 0.2) is 6.29 Å². The number of ether oxygens (including phenoxy) is 1. The van der Waals surface area contributed by atoms with Gasteiger partial charge in [-0.25, -0.2) is 0 Å².